The second kappa shape index (κ2) is 8.85. The molecule has 4 nitrogen and oxygen atoms in total. The topological polar surface area (TPSA) is 50.7 Å². The van der Waals surface area contributed by atoms with E-state index in [1.807, 2.05) is 25.1 Å². The van der Waals surface area contributed by atoms with E-state index in [1.54, 1.807) is 30.5 Å². The SMILES string of the molecule is CC[C@@H](C)Oc1ccc(/C=N\NC(=O)c2ccc(Cl)cc2)cc1Br. The summed E-state index contributed by atoms with van der Waals surface area (Å²) in [4.78, 5) is 11.9. The number of hydrazone groups is 1. The highest BCUT2D eigenvalue weighted by Crippen LogP contribution is 2.26. The number of benzene rings is 2. The van der Waals surface area contributed by atoms with Crippen LogP contribution in [0.5, 0.6) is 5.75 Å². The molecule has 1 amide bonds. The first-order valence-corrected chi connectivity index (χ1v) is 8.72. The van der Waals surface area contributed by atoms with E-state index in [1.165, 1.54) is 0 Å². The van der Waals surface area contributed by atoms with Gasteiger partial charge in [0.15, 0.2) is 0 Å². The van der Waals surface area contributed by atoms with E-state index in [4.69, 9.17) is 16.3 Å². The van der Waals surface area contributed by atoms with Crippen molar-refractivity contribution >= 4 is 39.7 Å². The van der Waals surface area contributed by atoms with Crippen LogP contribution in [-0.2, 0) is 0 Å². The molecule has 24 heavy (non-hydrogen) atoms. The molecule has 0 aliphatic heterocycles. The van der Waals surface area contributed by atoms with Crippen LogP contribution in [0.1, 0.15) is 36.2 Å². The zero-order valence-electron chi connectivity index (χ0n) is 13.4. The van der Waals surface area contributed by atoms with Crippen LogP contribution < -0.4 is 10.2 Å². The Kier molecular flexibility index (Phi) is 6.82. The van der Waals surface area contributed by atoms with E-state index in [-0.39, 0.29) is 12.0 Å². The lowest BCUT2D eigenvalue weighted by Gasteiger charge is -2.14. The summed E-state index contributed by atoms with van der Waals surface area (Å²) in [6, 6.07) is 12.2. The van der Waals surface area contributed by atoms with Gasteiger partial charge >= 0.3 is 0 Å². The van der Waals surface area contributed by atoms with Gasteiger partial charge in [-0.1, -0.05) is 18.5 Å². The van der Waals surface area contributed by atoms with Crippen molar-refractivity contribution in [1.82, 2.24) is 5.43 Å². The first-order valence-electron chi connectivity index (χ1n) is 7.54. The second-order valence-corrected chi connectivity index (χ2v) is 6.52. The Morgan fingerprint density at radius 2 is 2.04 bits per heavy atom. The van der Waals surface area contributed by atoms with Crippen LogP contribution in [0.4, 0.5) is 0 Å². The Hall–Kier alpha value is -1.85. The van der Waals surface area contributed by atoms with Gasteiger partial charge in [0.05, 0.1) is 16.8 Å². The van der Waals surface area contributed by atoms with Gasteiger partial charge in [-0.05, 0) is 77.3 Å². The number of nitrogens with zero attached hydrogens (tertiary/aromatic N) is 1. The van der Waals surface area contributed by atoms with E-state index in [9.17, 15) is 4.79 Å². The molecule has 126 valence electrons. The number of nitrogens with one attached hydrogen (secondary N) is 1. The Bertz CT molecular complexity index is 732. The Balaban J connectivity index is 1.97. The molecule has 1 atom stereocenters. The van der Waals surface area contributed by atoms with Crippen LogP contribution in [0.15, 0.2) is 52.0 Å². The zero-order valence-corrected chi connectivity index (χ0v) is 15.8. The largest absolute Gasteiger partial charge is 0.490 e. The number of halogens is 2. The lowest BCUT2D eigenvalue weighted by Crippen LogP contribution is -2.17. The summed E-state index contributed by atoms with van der Waals surface area (Å²) in [7, 11) is 0. The highest BCUT2D eigenvalue weighted by atomic mass is 79.9. The number of hydrogen-bond donors (Lipinski definition) is 1. The number of amides is 1. The van der Waals surface area contributed by atoms with Crippen LogP contribution in [-0.4, -0.2) is 18.2 Å². The Morgan fingerprint density at radius 1 is 1.33 bits per heavy atom. The minimum atomic E-state index is -0.293. The summed E-state index contributed by atoms with van der Waals surface area (Å²) in [5.74, 6) is 0.491. The quantitative estimate of drug-likeness (QED) is 0.536. The van der Waals surface area contributed by atoms with Crippen LogP contribution in [0.2, 0.25) is 5.02 Å². The lowest BCUT2D eigenvalue weighted by molar-refractivity contribution is 0.0955. The summed E-state index contributed by atoms with van der Waals surface area (Å²) in [5.41, 5.74) is 3.82. The monoisotopic (exact) mass is 408 g/mol. The molecule has 2 rings (SSSR count). The third-order valence-electron chi connectivity index (χ3n) is 3.35. The normalized spacial score (nSPS) is 12.2. The van der Waals surface area contributed by atoms with Gasteiger partial charge in [0, 0.05) is 10.6 Å². The standard InChI is InChI=1S/C18H18BrClN2O2/c1-3-12(2)24-17-9-4-13(10-16(17)19)11-21-22-18(23)14-5-7-15(20)8-6-14/h4-12H,3H2,1-2H3,(H,22,23)/b21-11-/t12-/m1/s1. The van der Waals surface area contributed by atoms with Gasteiger partial charge in [0.1, 0.15) is 5.75 Å². The Morgan fingerprint density at radius 3 is 2.67 bits per heavy atom. The fourth-order valence-corrected chi connectivity index (χ4v) is 2.44. The zero-order chi connectivity index (χ0) is 17.5. The third-order valence-corrected chi connectivity index (χ3v) is 4.22. The molecule has 1 N–H and O–H groups in total. The van der Waals surface area contributed by atoms with E-state index >= 15 is 0 Å². The summed E-state index contributed by atoms with van der Waals surface area (Å²) in [6.07, 6.45) is 2.66. The van der Waals surface area contributed by atoms with Crippen molar-refractivity contribution in [3.8, 4) is 5.75 Å². The van der Waals surface area contributed by atoms with Gasteiger partial charge in [0.2, 0.25) is 0 Å². The molecular formula is C18H18BrClN2O2. The average molecular weight is 410 g/mol. The molecule has 0 saturated carbocycles. The molecule has 0 aromatic heterocycles. The molecule has 6 heteroatoms. The van der Waals surface area contributed by atoms with Gasteiger partial charge in [-0.3, -0.25) is 4.79 Å². The minimum absolute atomic E-state index is 0.152. The van der Waals surface area contributed by atoms with Gasteiger partial charge in [-0.15, -0.1) is 0 Å². The molecule has 0 aliphatic rings. The lowest BCUT2D eigenvalue weighted by atomic mass is 10.2. The molecule has 0 radical (unpaired) electrons. The highest BCUT2D eigenvalue weighted by molar-refractivity contribution is 9.10. The molecule has 0 aliphatic carbocycles. The average Bonchev–Trinajstić information content (AvgIpc) is 2.57. The first-order chi connectivity index (χ1) is 11.5. The van der Waals surface area contributed by atoms with Gasteiger partial charge in [0.25, 0.3) is 5.91 Å². The van der Waals surface area contributed by atoms with Crippen molar-refractivity contribution in [2.24, 2.45) is 5.10 Å². The maximum Gasteiger partial charge on any atom is 0.271 e. The molecule has 0 spiro atoms. The van der Waals surface area contributed by atoms with Crippen molar-refractivity contribution < 1.29 is 9.53 Å². The number of carbonyl (C=O) groups excluding carboxylic acids is 1. The molecule has 0 unspecified atom stereocenters. The third kappa shape index (κ3) is 5.35. The maximum atomic E-state index is 11.9. The van der Waals surface area contributed by atoms with Crippen LogP contribution in [0, 0.1) is 0 Å². The predicted molar refractivity (Wildman–Crippen MR) is 101 cm³/mol. The Labute approximate surface area is 155 Å². The molecule has 0 bridgehead atoms. The molecule has 0 heterocycles. The highest BCUT2D eigenvalue weighted by Gasteiger charge is 2.06. The van der Waals surface area contributed by atoms with Crippen molar-refractivity contribution in [3.05, 3.63) is 63.1 Å². The fraction of sp³-hybridized carbons (Fsp3) is 0.222. The molecule has 2 aromatic carbocycles. The first kappa shape index (κ1) is 18.5. The summed E-state index contributed by atoms with van der Waals surface area (Å²) < 4.78 is 6.63. The van der Waals surface area contributed by atoms with Gasteiger partial charge in [-0.2, -0.15) is 5.10 Å². The van der Waals surface area contributed by atoms with Crippen LogP contribution in [0.25, 0.3) is 0 Å². The number of hydrogen-bond acceptors (Lipinski definition) is 3. The van der Waals surface area contributed by atoms with Crippen molar-refractivity contribution in [3.63, 3.8) is 0 Å². The van der Waals surface area contributed by atoms with Crippen LogP contribution in [0.3, 0.4) is 0 Å². The number of carbonyl (C=O) groups is 1. The molecule has 0 saturated heterocycles. The maximum absolute atomic E-state index is 11.9. The second-order valence-electron chi connectivity index (χ2n) is 5.23. The number of rotatable bonds is 6. The fourth-order valence-electron chi connectivity index (χ4n) is 1.82. The van der Waals surface area contributed by atoms with E-state index in [0.29, 0.717) is 10.6 Å². The molecule has 2 aromatic rings. The van der Waals surface area contributed by atoms with Crippen molar-refractivity contribution in [2.45, 2.75) is 26.4 Å². The van der Waals surface area contributed by atoms with E-state index in [0.717, 1.165) is 22.2 Å². The molecule has 0 fully saturated rings. The number of ether oxygens (including phenoxy) is 1. The van der Waals surface area contributed by atoms with Gasteiger partial charge in [-0.25, -0.2) is 5.43 Å². The minimum Gasteiger partial charge on any atom is -0.490 e. The molecular weight excluding hydrogens is 392 g/mol. The predicted octanol–water partition coefficient (Wildman–Crippen LogP) is 5.04. The van der Waals surface area contributed by atoms with Crippen LogP contribution >= 0.6 is 27.5 Å². The summed E-state index contributed by atoms with van der Waals surface area (Å²) in [6.45, 7) is 4.09. The van der Waals surface area contributed by atoms with Crippen molar-refractivity contribution in [2.75, 3.05) is 0 Å². The summed E-state index contributed by atoms with van der Waals surface area (Å²) >= 11 is 9.28. The van der Waals surface area contributed by atoms with Crippen molar-refractivity contribution in [1.29, 1.82) is 0 Å². The smallest absolute Gasteiger partial charge is 0.271 e. The summed E-state index contributed by atoms with van der Waals surface area (Å²) in [5, 5.41) is 4.55. The van der Waals surface area contributed by atoms with E-state index < -0.39 is 0 Å². The van der Waals surface area contributed by atoms with E-state index in [2.05, 4.69) is 33.4 Å². The van der Waals surface area contributed by atoms with Gasteiger partial charge < -0.3 is 4.74 Å².